The molecule has 0 spiro atoms. The minimum atomic E-state index is -1.28. The Labute approximate surface area is 165 Å². The van der Waals surface area contributed by atoms with E-state index in [9.17, 15) is 24.3 Å². The molecule has 0 bridgehead atoms. The van der Waals surface area contributed by atoms with E-state index in [-0.39, 0.29) is 78.5 Å². The van der Waals surface area contributed by atoms with E-state index in [0.29, 0.717) is 0 Å². The summed E-state index contributed by atoms with van der Waals surface area (Å²) in [7, 11) is 0. The van der Waals surface area contributed by atoms with E-state index in [2.05, 4.69) is 0 Å². The minimum absolute atomic E-state index is 0. The van der Waals surface area contributed by atoms with Crippen molar-refractivity contribution in [3.63, 3.8) is 0 Å². The Morgan fingerprint density at radius 1 is 0.870 bits per heavy atom. The second-order valence-corrected chi connectivity index (χ2v) is 3.73. The van der Waals surface area contributed by atoms with Crippen LogP contribution in [0.15, 0.2) is 0 Å². The molecule has 10 N–H and O–H groups in total. The van der Waals surface area contributed by atoms with Gasteiger partial charge >= 0.3 is 64.5 Å². The number of aliphatic carboxylic acids is 4. The molecule has 0 aromatic heterocycles. The van der Waals surface area contributed by atoms with Crippen molar-refractivity contribution in [2.45, 2.75) is 37.8 Å². The average Bonchev–Trinajstić information content (AvgIpc) is 2.33. The van der Waals surface area contributed by atoms with E-state index >= 15 is 0 Å². The van der Waals surface area contributed by atoms with Crippen LogP contribution in [0.5, 0.6) is 0 Å². The number of nitrogens with two attached hydrogens (primary N) is 2. The summed E-state index contributed by atoms with van der Waals surface area (Å²) in [5.41, 5.74) is 9.98. The van der Waals surface area contributed by atoms with Crippen LogP contribution in [0, 0.1) is 0 Å². The molecule has 23 heavy (non-hydrogen) atoms. The van der Waals surface area contributed by atoms with Gasteiger partial charge in [-0.1, -0.05) is 0 Å². The number of rotatable bonds is 8. The molecule has 0 aliphatic heterocycles. The summed E-state index contributed by atoms with van der Waals surface area (Å²) >= 11 is 0. The van der Waals surface area contributed by atoms with Gasteiger partial charge in [-0.2, -0.15) is 0 Å². The molecule has 0 radical (unpaired) electrons. The van der Waals surface area contributed by atoms with Gasteiger partial charge in [0.25, 0.3) is 0 Å². The number of carboxylic acids is 4. The summed E-state index contributed by atoms with van der Waals surface area (Å²) in [6.45, 7) is 0. The van der Waals surface area contributed by atoms with Crippen molar-refractivity contribution < 1.29 is 69.2 Å². The van der Waals surface area contributed by atoms with Gasteiger partial charge in [0.2, 0.25) is 0 Å². The van der Waals surface area contributed by atoms with Crippen molar-refractivity contribution in [2.75, 3.05) is 0 Å². The van der Waals surface area contributed by atoms with Gasteiger partial charge < -0.3 is 42.8 Å². The summed E-state index contributed by atoms with van der Waals surface area (Å²) < 4.78 is 0. The fraction of sp³-hybridized carbons (Fsp3) is 0.600. The van der Waals surface area contributed by atoms with Crippen LogP contribution >= 0.6 is 0 Å². The average molecular weight is 414 g/mol. The molecule has 0 aromatic carbocycles. The molecule has 132 valence electrons. The van der Waals surface area contributed by atoms with Crippen molar-refractivity contribution in [3.8, 4) is 0 Å². The Kier molecular flexibility index (Phi) is 28.4. The quantitative estimate of drug-likeness (QED) is 0.204. The molecule has 0 saturated carbocycles. The van der Waals surface area contributed by atoms with E-state index in [1.165, 1.54) is 0 Å². The maximum absolute atomic E-state index is 9.99. The van der Waals surface area contributed by atoms with Crippen LogP contribution < -0.4 is 52.3 Å². The molecule has 0 unspecified atom stereocenters. The molecule has 0 rings (SSSR count). The molecule has 11 nitrogen and oxygen atoms in total. The Bertz CT molecular complexity index is 338. The molecule has 0 heterocycles. The van der Waals surface area contributed by atoms with Gasteiger partial charge in [-0.15, -0.1) is 0 Å². The molecule has 0 fully saturated rings. The Balaban J connectivity index is -0.0000000831. The number of hydrogen-bond acceptors (Lipinski definition) is 8. The fourth-order valence-electron chi connectivity index (χ4n) is 0.799. The Morgan fingerprint density at radius 2 is 1.17 bits per heavy atom. The molecule has 0 aliphatic rings. The first-order valence-corrected chi connectivity index (χ1v) is 5.46. The Hall–Kier alpha value is -0.721. The number of carbonyl (C=O) groups is 4. The van der Waals surface area contributed by atoms with E-state index in [1.54, 1.807) is 0 Å². The third-order valence-corrected chi connectivity index (χ3v) is 1.96. The van der Waals surface area contributed by atoms with Gasteiger partial charge in [-0.25, -0.2) is 0 Å². The van der Waals surface area contributed by atoms with Gasteiger partial charge in [-0.3, -0.25) is 14.4 Å². The van der Waals surface area contributed by atoms with E-state index in [0.717, 1.165) is 0 Å². The molecule has 0 aliphatic carbocycles. The van der Waals surface area contributed by atoms with Crippen LogP contribution in [0.1, 0.15) is 25.7 Å². The first-order chi connectivity index (χ1) is 9.07. The monoisotopic (exact) mass is 415 g/mol. The van der Waals surface area contributed by atoms with Crippen LogP contribution in [0.3, 0.4) is 0 Å². The zero-order valence-electron chi connectivity index (χ0n) is 12.7. The Morgan fingerprint density at radius 3 is 1.39 bits per heavy atom. The van der Waals surface area contributed by atoms with Gasteiger partial charge in [0.05, 0.1) is 0 Å². The molecule has 0 saturated heterocycles. The number of carboxylic acid groups (broad SMARTS) is 4. The summed E-state index contributed by atoms with van der Waals surface area (Å²) in [4.78, 5) is 39.6. The third-order valence-electron chi connectivity index (χ3n) is 1.96. The maximum atomic E-state index is 9.99. The van der Waals surface area contributed by atoms with Crippen LogP contribution in [0.4, 0.5) is 0 Å². The fourth-order valence-corrected chi connectivity index (χ4v) is 0.799. The number of hydrogen-bond donors (Lipinski definition) is 6. The summed E-state index contributed by atoms with van der Waals surface area (Å²) in [5.74, 6) is -4.67. The van der Waals surface area contributed by atoms with Crippen LogP contribution in [0.2, 0.25) is 0 Å². The standard InChI is InChI=1S/2C5H9NO4.H3N.Na.H2Se/c2*6-3(5(9)10)1-2-4(7)8;;;/h2*3H,1-2,6H2,(H,7,8)(H,9,10);1H3;;1H2/q;;;+1;/p-1/t2*3-;;;/m00.../s1. The van der Waals surface area contributed by atoms with Crippen molar-refractivity contribution in [3.05, 3.63) is 0 Å². The topological polar surface area (TPSA) is 239 Å². The van der Waals surface area contributed by atoms with Crippen molar-refractivity contribution in [1.82, 2.24) is 6.15 Å². The van der Waals surface area contributed by atoms with Crippen molar-refractivity contribution >= 4 is 40.9 Å². The SMILES string of the molecule is N.N[C@@H](CCC(=O)O)C(=O)O.N[C@@H](CCC(=O)[O-])C(=O)O.[Na+].[SeH2]. The number of carbonyl (C=O) groups excluding carboxylic acids is 1. The van der Waals surface area contributed by atoms with Gasteiger partial charge in [-0.05, 0) is 19.3 Å². The van der Waals surface area contributed by atoms with Crippen LogP contribution in [-0.4, -0.2) is 68.3 Å². The van der Waals surface area contributed by atoms with Gasteiger partial charge in [0.1, 0.15) is 12.1 Å². The molecule has 0 amide bonds. The van der Waals surface area contributed by atoms with Crippen molar-refractivity contribution in [2.24, 2.45) is 11.5 Å². The zero-order valence-corrected chi connectivity index (χ0v) is 16.8. The summed E-state index contributed by atoms with van der Waals surface area (Å²) in [6.07, 6.45) is -0.622. The second-order valence-electron chi connectivity index (χ2n) is 3.73. The van der Waals surface area contributed by atoms with Crippen LogP contribution in [0.25, 0.3) is 0 Å². The van der Waals surface area contributed by atoms with E-state index in [4.69, 9.17) is 26.8 Å². The normalized spacial score (nSPS) is 10.9. The molecular formula is C10H22N3NaO8Se. The van der Waals surface area contributed by atoms with E-state index < -0.39 is 36.0 Å². The van der Waals surface area contributed by atoms with Crippen molar-refractivity contribution in [1.29, 1.82) is 0 Å². The predicted molar refractivity (Wildman–Crippen MR) is 75.9 cm³/mol. The van der Waals surface area contributed by atoms with Gasteiger partial charge in [0, 0.05) is 12.4 Å². The summed E-state index contributed by atoms with van der Waals surface area (Å²) in [6, 6.07) is -2.16. The molecular weight excluding hydrogens is 392 g/mol. The third kappa shape index (κ3) is 26.5. The summed E-state index contributed by atoms with van der Waals surface area (Å²) in [5, 5.41) is 34.2. The molecule has 2 atom stereocenters. The molecule has 13 heteroatoms. The zero-order chi connectivity index (χ0) is 16.3. The van der Waals surface area contributed by atoms with Gasteiger partial charge in [0.15, 0.2) is 0 Å². The predicted octanol–water partition coefficient (Wildman–Crippen LogP) is -6.56. The first kappa shape index (κ1) is 33.8. The first-order valence-electron chi connectivity index (χ1n) is 5.46. The van der Waals surface area contributed by atoms with E-state index in [1.807, 2.05) is 0 Å². The molecule has 0 aromatic rings. The second kappa shape index (κ2) is 19.3. The van der Waals surface area contributed by atoms with Crippen LogP contribution in [-0.2, 0) is 19.2 Å².